The molecule has 76 valence electrons. The number of hydrogen-bond donors (Lipinski definition) is 1. The van der Waals surface area contributed by atoms with Gasteiger partial charge in [0.1, 0.15) is 0 Å². The highest BCUT2D eigenvalue weighted by atomic mass is 16.5. The van der Waals surface area contributed by atoms with Crippen LogP contribution in [-0.4, -0.2) is 19.1 Å². The van der Waals surface area contributed by atoms with E-state index in [0.717, 1.165) is 5.56 Å². The average molecular weight is 193 g/mol. The van der Waals surface area contributed by atoms with Crippen LogP contribution in [0.3, 0.4) is 0 Å². The van der Waals surface area contributed by atoms with Gasteiger partial charge in [0.05, 0.1) is 12.2 Å². The Morgan fingerprint density at radius 1 is 1.43 bits per heavy atom. The number of aryl methyl sites for hydroxylation is 1. The van der Waals surface area contributed by atoms with Gasteiger partial charge in [0, 0.05) is 0 Å². The molecule has 1 rings (SSSR count). The van der Waals surface area contributed by atoms with Gasteiger partial charge in [0.2, 0.25) is 0 Å². The fraction of sp³-hybridized carbons (Fsp3) is 0.364. The molecule has 3 heteroatoms. The molecule has 0 aromatic heterocycles. The minimum Gasteiger partial charge on any atom is -0.462 e. The number of hydrogen-bond acceptors (Lipinski definition) is 3. The summed E-state index contributed by atoms with van der Waals surface area (Å²) in [7, 11) is 0. The maximum atomic E-state index is 11.5. The molecule has 0 aliphatic heterocycles. The predicted molar refractivity (Wildman–Crippen MR) is 55.1 cm³/mol. The standard InChI is InChI=1S/C11H15NO2/c1-9-5-2-3-6-10(9)11(13)14-8-4-7-12/h2-3,5-6H,4,7-8,12H2,1H3. The quantitative estimate of drug-likeness (QED) is 0.582. The molecule has 1 aromatic rings. The lowest BCUT2D eigenvalue weighted by molar-refractivity contribution is 0.0502. The van der Waals surface area contributed by atoms with E-state index in [9.17, 15) is 4.79 Å². The predicted octanol–water partition coefficient (Wildman–Crippen LogP) is 1.50. The van der Waals surface area contributed by atoms with Crippen molar-refractivity contribution in [2.75, 3.05) is 13.2 Å². The van der Waals surface area contributed by atoms with Crippen LogP contribution in [0.1, 0.15) is 22.3 Å². The van der Waals surface area contributed by atoms with Crippen molar-refractivity contribution in [2.24, 2.45) is 5.73 Å². The molecule has 0 saturated carbocycles. The van der Waals surface area contributed by atoms with E-state index >= 15 is 0 Å². The third kappa shape index (κ3) is 2.85. The maximum absolute atomic E-state index is 11.5. The lowest BCUT2D eigenvalue weighted by atomic mass is 10.1. The second-order valence-corrected chi connectivity index (χ2v) is 3.09. The van der Waals surface area contributed by atoms with Crippen molar-refractivity contribution < 1.29 is 9.53 Å². The smallest absolute Gasteiger partial charge is 0.338 e. The Balaban J connectivity index is 2.56. The lowest BCUT2D eigenvalue weighted by Gasteiger charge is -2.05. The molecule has 0 saturated heterocycles. The van der Waals surface area contributed by atoms with Crippen LogP contribution in [0.25, 0.3) is 0 Å². The summed E-state index contributed by atoms with van der Waals surface area (Å²) in [5.74, 6) is -0.267. The van der Waals surface area contributed by atoms with E-state index in [-0.39, 0.29) is 5.97 Å². The van der Waals surface area contributed by atoms with E-state index in [1.807, 2.05) is 25.1 Å². The summed E-state index contributed by atoms with van der Waals surface area (Å²) < 4.78 is 5.03. The fourth-order valence-electron chi connectivity index (χ4n) is 1.13. The van der Waals surface area contributed by atoms with Crippen LogP contribution < -0.4 is 5.73 Å². The fourth-order valence-corrected chi connectivity index (χ4v) is 1.13. The van der Waals surface area contributed by atoms with Crippen LogP contribution in [0.4, 0.5) is 0 Å². The summed E-state index contributed by atoms with van der Waals surface area (Å²) in [5, 5.41) is 0. The maximum Gasteiger partial charge on any atom is 0.338 e. The topological polar surface area (TPSA) is 52.3 Å². The van der Waals surface area contributed by atoms with Gasteiger partial charge in [0.25, 0.3) is 0 Å². The minimum atomic E-state index is -0.267. The summed E-state index contributed by atoms with van der Waals surface area (Å²) in [6.45, 7) is 2.82. The van der Waals surface area contributed by atoms with Gasteiger partial charge in [-0.05, 0) is 31.5 Å². The first-order chi connectivity index (χ1) is 6.75. The molecule has 0 atom stereocenters. The van der Waals surface area contributed by atoms with E-state index in [4.69, 9.17) is 10.5 Å². The van der Waals surface area contributed by atoms with Gasteiger partial charge in [-0.3, -0.25) is 0 Å². The molecule has 0 spiro atoms. The zero-order valence-electron chi connectivity index (χ0n) is 8.32. The van der Waals surface area contributed by atoms with E-state index in [1.165, 1.54) is 0 Å². The number of nitrogens with two attached hydrogens (primary N) is 1. The molecule has 0 aliphatic carbocycles. The second-order valence-electron chi connectivity index (χ2n) is 3.09. The van der Waals surface area contributed by atoms with E-state index in [2.05, 4.69) is 0 Å². The molecule has 14 heavy (non-hydrogen) atoms. The first-order valence-electron chi connectivity index (χ1n) is 4.68. The van der Waals surface area contributed by atoms with Crippen molar-refractivity contribution >= 4 is 5.97 Å². The van der Waals surface area contributed by atoms with Crippen LogP contribution in [-0.2, 0) is 4.74 Å². The lowest BCUT2D eigenvalue weighted by Crippen LogP contribution is -2.11. The monoisotopic (exact) mass is 193 g/mol. The normalized spacial score (nSPS) is 9.86. The van der Waals surface area contributed by atoms with Crippen molar-refractivity contribution in [1.29, 1.82) is 0 Å². The molecule has 0 fully saturated rings. The highest BCUT2D eigenvalue weighted by Crippen LogP contribution is 2.08. The van der Waals surface area contributed by atoms with Gasteiger partial charge in [-0.1, -0.05) is 18.2 Å². The number of esters is 1. The van der Waals surface area contributed by atoms with Crippen molar-refractivity contribution in [3.05, 3.63) is 35.4 Å². The summed E-state index contributed by atoms with van der Waals surface area (Å²) in [6.07, 6.45) is 0.706. The SMILES string of the molecule is Cc1ccccc1C(=O)OCCCN. The molecule has 0 radical (unpaired) electrons. The van der Waals surface area contributed by atoms with Crippen molar-refractivity contribution in [3.8, 4) is 0 Å². The number of rotatable bonds is 4. The number of carbonyl (C=O) groups excluding carboxylic acids is 1. The first kappa shape index (κ1) is 10.7. The molecule has 1 aromatic carbocycles. The Morgan fingerprint density at radius 3 is 2.79 bits per heavy atom. The zero-order valence-corrected chi connectivity index (χ0v) is 8.32. The molecule has 0 aliphatic rings. The Morgan fingerprint density at radius 2 is 2.14 bits per heavy atom. The summed E-state index contributed by atoms with van der Waals surface area (Å²) in [5.41, 5.74) is 6.86. The van der Waals surface area contributed by atoms with Gasteiger partial charge < -0.3 is 10.5 Å². The molecule has 0 heterocycles. The highest BCUT2D eigenvalue weighted by Gasteiger charge is 2.08. The molecule has 0 bridgehead atoms. The number of carbonyl (C=O) groups is 1. The zero-order chi connectivity index (χ0) is 10.4. The van der Waals surface area contributed by atoms with Crippen LogP contribution >= 0.6 is 0 Å². The van der Waals surface area contributed by atoms with Gasteiger partial charge in [0.15, 0.2) is 0 Å². The summed E-state index contributed by atoms with van der Waals surface area (Å²) in [4.78, 5) is 11.5. The van der Waals surface area contributed by atoms with Crippen molar-refractivity contribution in [3.63, 3.8) is 0 Å². The molecule has 3 nitrogen and oxygen atoms in total. The van der Waals surface area contributed by atoms with E-state index in [0.29, 0.717) is 25.1 Å². The Bertz CT molecular complexity index is 310. The van der Waals surface area contributed by atoms with Crippen molar-refractivity contribution in [1.82, 2.24) is 0 Å². The Labute approximate surface area is 83.9 Å². The second kappa shape index (κ2) is 5.40. The van der Waals surface area contributed by atoms with Crippen LogP contribution in [0.15, 0.2) is 24.3 Å². The van der Waals surface area contributed by atoms with Crippen molar-refractivity contribution in [2.45, 2.75) is 13.3 Å². The van der Waals surface area contributed by atoms with Gasteiger partial charge in [-0.25, -0.2) is 4.79 Å². The third-order valence-electron chi connectivity index (χ3n) is 1.95. The molecule has 2 N–H and O–H groups in total. The first-order valence-corrected chi connectivity index (χ1v) is 4.68. The number of ether oxygens (including phenoxy) is 1. The summed E-state index contributed by atoms with van der Waals surface area (Å²) >= 11 is 0. The number of benzene rings is 1. The Hall–Kier alpha value is -1.35. The van der Waals surface area contributed by atoms with Crippen LogP contribution in [0.5, 0.6) is 0 Å². The largest absolute Gasteiger partial charge is 0.462 e. The van der Waals surface area contributed by atoms with Crippen LogP contribution in [0, 0.1) is 6.92 Å². The summed E-state index contributed by atoms with van der Waals surface area (Å²) in [6, 6.07) is 7.37. The average Bonchev–Trinajstić information content (AvgIpc) is 2.18. The minimum absolute atomic E-state index is 0.267. The molecule has 0 amide bonds. The molecule has 0 unspecified atom stereocenters. The van der Waals surface area contributed by atoms with E-state index < -0.39 is 0 Å². The van der Waals surface area contributed by atoms with Gasteiger partial charge >= 0.3 is 5.97 Å². The Kier molecular flexibility index (Phi) is 4.13. The highest BCUT2D eigenvalue weighted by molar-refractivity contribution is 5.90. The molecular formula is C11H15NO2. The van der Waals surface area contributed by atoms with E-state index in [1.54, 1.807) is 6.07 Å². The molecular weight excluding hydrogens is 178 g/mol. The van der Waals surface area contributed by atoms with Gasteiger partial charge in [-0.2, -0.15) is 0 Å². The van der Waals surface area contributed by atoms with Crippen LogP contribution in [0.2, 0.25) is 0 Å². The van der Waals surface area contributed by atoms with Gasteiger partial charge in [-0.15, -0.1) is 0 Å². The third-order valence-corrected chi connectivity index (χ3v) is 1.95.